The number of carbonyl (C=O) groups excluding carboxylic acids is 4. The Balaban J connectivity index is 2.21. The number of hydrogen-bond acceptors (Lipinski definition) is 6. The summed E-state index contributed by atoms with van der Waals surface area (Å²) < 4.78 is 0. The molecule has 0 bridgehead atoms. The maximum atomic E-state index is 13.6. The molecular weight excluding hydrogens is 493 g/mol. The fourth-order valence-electron chi connectivity index (χ4n) is 4.95. The van der Waals surface area contributed by atoms with Crippen LogP contribution in [0.5, 0.6) is 0 Å². The van der Waals surface area contributed by atoms with Gasteiger partial charge in [-0.1, -0.05) is 44.2 Å². The molecule has 1 fully saturated rings. The van der Waals surface area contributed by atoms with Crippen LogP contribution in [-0.2, 0) is 25.6 Å². The Bertz CT molecular complexity index is 943. The zero-order valence-electron chi connectivity index (χ0n) is 24.7. The monoisotopic (exact) mass is 541 g/mol. The zero-order valence-corrected chi connectivity index (χ0v) is 24.7. The van der Waals surface area contributed by atoms with Gasteiger partial charge in [0.15, 0.2) is 13.8 Å². The molecule has 0 aliphatic carbocycles. The van der Waals surface area contributed by atoms with Crippen molar-refractivity contribution >= 4 is 31.5 Å². The number of carbonyl (C=O) groups is 4. The standard InChI is InChI=1S/C29H48BN5O4/c1-20(2)17-25(21(3)36)32-28(38)24(14-10-15-34(4)5)31-29(39)26(18-22-11-7-6-8-12-22)33-27(37)23-13-9-16-35(30)19-23/h6-8,11-12,20,23-26H,9-10,13-19,30H2,1-5H3,(H,31,39)(H,32,38)(H,33,37). The van der Waals surface area contributed by atoms with E-state index in [0.29, 0.717) is 32.2 Å². The lowest BCUT2D eigenvalue weighted by Gasteiger charge is -2.31. The molecule has 0 aromatic heterocycles. The summed E-state index contributed by atoms with van der Waals surface area (Å²) >= 11 is 0. The molecule has 1 heterocycles. The second-order valence-electron chi connectivity index (χ2n) is 11.7. The van der Waals surface area contributed by atoms with Crippen molar-refractivity contribution in [1.29, 1.82) is 0 Å². The normalized spacial score (nSPS) is 18.3. The molecule has 39 heavy (non-hydrogen) atoms. The van der Waals surface area contributed by atoms with Gasteiger partial charge in [0.05, 0.1) is 6.04 Å². The quantitative estimate of drug-likeness (QED) is 0.285. The number of nitrogens with one attached hydrogen (secondary N) is 3. The average Bonchev–Trinajstić information content (AvgIpc) is 2.87. The van der Waals surface area contributed by atoms with Crippen LogP contribution < -0.4 is 16.0 Å². The van der Waals surface area contributed by atoms with Crippen molar-refractivity contribution in [2.24, 2.45) is 11.8 Å². The molecule has 3 N–H and O–H groups in total. The molecule has 4 atom stereocenters. The van der Waals surface area contributed by atoms with Crippen molar-refractivity contribution in [3.05, 3.63) is 35.9 Å². The molecule has 1 aliphatic heterocycles. The van der Waals surface area contributed by atoms with E-state index in [2.05, 4.69) is 20.8 Å². The van der Waals surface area contributed by atoms with Crippen LogP contribution in [-0.4, -0.2) is 93.1 Å². The van der Waals surface area contributed by atoms with Gasteiger partial charge in [-0.2, -0.15) is 0 Å². The van der Waals surface area contributed by atoms with Crippen molar-refractivity contribution < 1.29 is 19.2 Å². The van der Waals surface area contributed by atoms with E-state index in [4.69, 9.17) is 0 Å². The average molecular weight is 542 g/mol. The number of amides is 3. The maximum absolute atomic E-state index is 13.6. The summed E-state index contributed by atoms with van der Waals surface area (Å²) in [6, 6.07) is 7.30. The van der Waals surface area contributed by atoms with Crippen molar-refractivity contribution in [1.82, 2.24) is 25.7 Å². The van der Waals surface area contributed by atoms with Gasteiger partial charge >= 0.3 is 0 Å². The third-order valence-corrected chi connectivity index (χ3v) is 7.16. The van der Waals surface area contributed by atoms with Crippen molar-refractivity contribution in [3.8, 4) is 0 Å². The molecule has 10 heteroatoms. The molecule has 216 valence electrons. The third kappa shape index (κ3) is 11.9. The summed E-state index contributed by atoms with van der Waals surface area (Å²) in [7, 11) is 5.91. The first kappa shape index (κ1) is 32.5. The highest BCUT2D eigenvalue weighted by Gasteiger charge is 2.31. The molecule has 3 amide bonds. The predicted molar refractivity (Wildman–Crippen MR) is 157 cm³/mol. The summed E-state index contributed by atoms with van der Waals surface area (Å²) in [5, 5.41) is 8.77. The lowest BCUT2D eigenvalue weighted by atomic mass is 9.94. The minimum absolute atomic E-state index is 0.109. The van der Waals surface area contributed by atoms with E-state index in [1.807, 2.05) is 71.2 Å². The van der Waals surface area contributed by atoms with Crippen LogP contribution in [0, 0.1) is 11.8 Å². The van der Waals surface area contributed by atoms with Gasteiger partial charge in [0.2, 0.25) is 17.7 Å². The highest BCUT2D eigenvalue weighted by atomic mass is 16.2. The van der Waals surface area contributed by atoms with Crippen LogP contribution in [0.2, 0.25) is 0 Å². The smallest absolute Gasteiger partial charge is 0.243 e. The van der Waals surface area contributed by atoms with Gasteiger partial charge in [-0.3, -0.25) is 19.2 Å². The molecule has 1 aromatic rings. The Morgan fingerprint density at radius 1 is 1.00 bits per heavy atom. The predicted octanol–water partition coefficient (Wildman–Crippen LogP) is 0.921. The zero-order chi connectivity index (χ0) is 28.9. The van der Waals surface area contributed by atoms with Crippen molar-refractivity contribution in [3.63, 3.8) is 0 Å². The summed E-state index contributed by atoms with van der Waals surface area (Å²) in [4.78, 5) is 56.6. The number of piperidine rings is 1. The highest BCUT2D eigenvalue weighted by Crippen LogP contribution is 2.16. The highest BCUT2D eigenvalue weighted by molar-refractivity contribution is 6.04. The minimum Gasteiger partial charge on any atom is -0.348 e. The number of nitrogens with zero attached hydrogens (tertiary/aromatic N) is 2. The van der Waals surface area contributed by atoms with E-state index in [1.54, 1.807) is 0 Å². The van der Waals surface area contributed by atoms with Gasteiger partial charge in [-0.05, 0) is 84.2 Å². The second kappa shape index (κ2) is 16.4. The Hall–Kier alpha value is -2.72. The molecule has 4 unspecified atom stereocenters. The van der Waals surface area contributed by atoms with Crippen LogP contribution in [0.25, 0.3) is 0 Å². The molecule has 1 saturated heterocycles. The van der Waals surface area contributed by atoms with Crippen molar-refractivity contribution in [2.75, 3.05) is 33.7 Å². The summed E-state index contributed by atoms with van der Waals surface area (Å²) in [5.41, 5.74) is 0.917. The van der Waals surface area contributed by atoms with Gasteiger partial charge in [0, 0.05) is 12.3 Å². The third-order valence-electron chi connectivity index (χ3n) is 7.16. The number of hydrogen-bond donors (Lipinski definition) is 3. The van der Waals surface area contributed by atoms with E-state index in [0.717, 1.165) is 31.5 Å². The van der Waals surface area contributed by atoms with Gasteiger partial charge in [0.25, 0.3) is 0 Å². The first-order chi connectivity index (χ1) is 18.5. The molecule has 0 radical (unpaired) electrons. The van der Waals surface area contributed by atoms with Crippen LogP contribution in [0.15, 0.2) is 30.3 Å². The van der Waals surface area contributed by atoms with E-state index >= 15 is 0 Å². The molecule has 2 rings (SSSR count). The van der Waals surface area contributed by atoms with E-state index in [9.17, 15) is 19.2 Å². The Morgan fingerprint density at radius 3 is 2.23 bits per heavy atom. The van der Waals surface area contributed by atoms with Crippen LogP contribution in [0.4, 0.5) is 0 Å². The number of Topliss-reactive ketones (excluding diaryl/α,β-unsaturated/α-hetero) is 1. The van der Waals surface area contributed by atoms with Gasteiger partial charge in [0.1, 0.15) is 12.1 Å². The Kier molecular flexibility index (Phi) is 13.7. The van der Waals surface area contributed by atoms with Gasteiger partial charge in [-0.15, -0.1) is 0 Å². The first-order valence-corrected chi connectivity index (χ1v) is 14.2. The lowest BCUT2D eigenvalue weighted by molar-refractivity contribution is -0.134. The van der Waals surface area contributed by atoms with E-state index in [1.165, 1.54) is 6.92 Å². The molecule has 9 nitrogen and oxygen atoms in total. The Morgan fingerprint density at radius 2 is 1.64 bits per heavy atom. The molecule has 1 aromatic carbocycles. The first-order valence-electron chi connectivity index (χ1n) is 14.2. The summed E-state index contributed by atoms with van der Waals surface area (Å²) in [5.74, 6) is -0.972. The number of benzene rings is 1. The Labute approximate surface area is 235 Å². The van der Waals surface area contributed by atoms with Crippen LogP contribution in [0.1, 0.15) is 58.4 Å². The molecular formula is C29H48BN5O4. The number of ketones is 1. The fourth-order valence-corrected chi connectivity index (χ4v) is 4.95. The SMILES string of the molecule is BN1CCCC(C(=O)NC(Cc2ccccc2)C(=O)NC(CCCN(C)C)C(=O)NC(CC(C)C)C(C)=O)C1. The maximum Gasteiger partial charge on any atom is 0.243 e. The molecule has 0 saturated carbocycles. The number of rotatable bonds is 15. The second-order valence-corrected chi connectivity index (χ2v) is 11.7. The van der Waals surface area contributed by atoms with Crippen molar-refractivity contribution in [2.45, 2.75) is 77.4 Å². The minimum atomic E-state index is -0.824. The van der Waals surface area contributed by atoms with Gasteiger partial charge < -0.3 is 25.7 Å². The topological polar surface area (TPSA) is 111 Å². The summed E-state index contributed by atoms with van der Waals surface area (Å²) in [6.45, 7) is 7.84. The fraction of sp³-hybridized carbons (Fsp3) is 0.655. The van der Waals surface area contributed by atoms with Gasteiger partial charge in [-0.25, -0.2) is 0 Å². The molecule has 0 spiro atoms. The largest absolute Gasteiger partial charge is 0.348 e. The van der Waals surface area contributed by atoms with Crippen LogP contribution in [0.3, 0.4) is 0 Å². The summed E-state index contributed by atoms with van der Waals surface area (Å²) in [6.07, 6.45) is 3.67. The molecule has 1 aliphatic rings. The van der Waals surface area contributed by atoms with E-state index in [-0.39, 0.29) is 29.4 Å². The van der Waals surface area contributed by atoms with Crippen LogP contribution >= 0.6 is 0 Å². The lowest BCUT2D eigenvalue weighted by Crippen LogP contribution is -2.57. The van der Waals surface area contributed by atoms with E-state index < -0.39 is 24.0 Å².